The molecule has 2 rings (SSSR count). The van der Waals surface area contributed by atoms with Gasteiger partial charge in [-0.1, -0.05) is 11.6 Å². The molecule has 0 fully saturated rings. The summed E-state index contributed by atoms with van der Waals surface area (Å²) in [5, 5.41) is 0.424. The van der Waals surface area contributed by atoms with E-state index in [9.17, 15) is 4.39 Å². The van der Waals surface area contributed by atoms with E-state index in [0.717, 1.165) is 0 Å². The molecule has 16 heavy (non-hydrogen) atoms. The molecule has 5 heteroatoms. The molecule has 1 aromatic heterocycles. The highest BCUT2D eigenvalue weighted by Crippen LogP contribution is 2.25. The smallest absolute Gasteiger partial charge is 0.123 e. The Labute approximate surface area is 97.1 Å². The Morgan fingerprint density at radius 2 is 2.12 bits per heavy atom. The first-order valence-electron chi connectivity index (χ1n) is 4.65. The molecule has 0 aliphatic carbocycles. The second-order valence-corrected chi connectivity index (χ2v) is 3.68. The van der Waals surface area contributed by atoms with Gasteiger partial charge in [0, 0.05) is 11.2 Å². The lowest BCUT2D eigenvalue weighted by Crippen LogP contribution is -2.14. The molecule has 1 atom stereocenters. The van der Waals surface area contributed by atoms with Crippen LogP contribution in [0.15, 0.2) is 36.8 Å². The largest absolute Gasteiger partial charge is 0.319 e. The van der Waals surface area contributed by atoms with Gasteiger partial charge in [0.2, 0.25) is 0 Å². The Kier molecular flexibility index (Phi) is 3.12. The zero-order chi connectivity index (χ0) is 11.5. The average Bonchev–Trinajstić information content (AvgIpc) is 2.32. The van der Waals surface area contributed by atoms with E-state index in [1.807, 2.05) is 0 Å². The van der Waals surface area contributed by atoms with Crippen molar-refractivity contribution in [2.75, 3.05) is 0 Å². The Balaban J connectivity index is 2.41. The monoisotopic (exact) mass is 237 g/mol. The number of nitrogens with two attached hydrogens (primary N) is 1. The van der Waals surface area contributed by atoms with Gasteiger partial charge >= 0.3 is 0 Å². The summed E-state index contributed by atoms with van der Waals surface area (Å²) in [7, 11) is 0. The molecule has 0 bridgehead atoms. The van der Waals surface area contributed by atoms with Crippen LogP contribution in [0.4, 0.5) is 4.39 Å². The second kappa shape index (κ2) is 4.55. The number of nitrogens with zero attached hydrogens (tertiary/aromatic N) is 2. The number of rotatable bonds is 2. The lowest BCUT2D eigenvalue weighted by atomic mass is 10.0. The fourth-order valence-corrected chi connectivity index (χ4v) is 1.63. The second-order valence-electron chi connectivity index (χ2n) is 3.28. The summed E-state index contributed by atoms with van der Waals surface area (Å²) in [5.41, 5.74) is 7.06. The van der Waals surface area contributed by atoms with Crippen LogP contribution in [-0.4, -0.2) is 9.97 Å². The Hall–Kier alpha value is -1.52. The predicted octanol–water partition coefficient (Wildman–Crippen LogP) is 2.32. The van der Waals surface area contributed by atoms with Gasteiger partial charge in [-0.2, -0.15) is 0 Å². The summed E-state index contributed by atoms with van der Waals surface area (Å²) < 4.78 is 13.1. The van der Waals surface area contributed by atoms with Crippen molar-refractivity contribution in [2.45, 2.75) is 6.04 Å². The summed E-state index contributed by atoms with van der Waals surface area (Å²) in [6.07, 6.45) is 2.97. The van der Waals surface area contributed by atoms with Crippen molar-refractivity contribution < 1.29 is 4.39 Å². The third-order valence-electron chi connectivity index (χ3n) is 2.22. The quantitative estimate of drug-likeness (QED) is 0.872. The van der Waals surface area contributed by atoms with Crippen LogP contribution in [0.25, 0.3) is 0 Å². The van der Waals surface area contributed by atoms with Crippen molar-refractivity contribution in [3.05, 3.63) is 58.9 Å². The molecular formula is C11H9ClFN3. The number of benzene rings is 1. The summed E-state index contributed by atoms with van der Waals surface area (Å²) in [6.45, 7) is 0. The third-order valence-corrected chi connectivity index (χ3v) is 2.56. The average molecular weight is 238 g/mol. The Morgan fingerprint density at radius 3 is 2.81 bits per heavy atom. The molecule has 82 valence electrons. The highest BCUT2D eigenvalue weighted by Gasteiger charge is 2.14. The predicted molar refractivity (Wildman–Crippen MR) is 59.5 cm³/mol. The molecule has 0 spiro atoms. The van der Waals surface area contributed by atoms with Gasteiger partial charge in [0.05, 0.1) is 11.7 Å². The van der Waals surface area contributed by atoms with Gasteiger partial charge in [0.15, 0.2) is 0 Å². The number of aromatic nitrogens is 2. The maximum Gasteiger partial charge on any atom is 0.123 e. The van der Waals surface area contributed by atoms with Crippen LogP contribution in [0, 0.1) is 5.82 Å². The maximum atomic E-state index is 13.1. The van der Waals surface area contributed by atoms with E-state index < -0.39 is 6.04 Å². The van der Waals surface area contributed by atoms with Gasteiger partial charge in [-0.3, -0.25) is 0 Å². The molecule has 0 amide bonds. The summed E-state index contributed by atoms with van der Waals surface area (Å²) in [5.74, 6) is -0.371. The molecule has 2 N–H and O–H groups in total. The van der Waals surface area contributed by atoms with Crippen molar-refractivity contribution >= 4 is 11.6 Å². The van der Waals surface area contributed by atoms with E-state index in [4.69, 9.17) is 17.3 Å². The van der Waals surface area contributed by atoms with Gasteiger partial charge in [-0.05, 0) is 29.8 Å². The molecule has 0 radical (unpaired) electrons. The highest BCUT2D eigenvalue weighted by atomic mass is 35.5. The maximum absolute atomic E-state index is 13.1. The van der Waals surface area contributed by atoms with E-state index in [1.165, 1.54) is 24.5 Å². The van der Waals surface area contributed by atoms with Crippen LogP contribution in [0.2, 0.25) is 5.02 Å². The molecule has 1 aromatic carbocycles. The van der Waals surface area contributed by atoms with E-state index in [1.54, 1.807) is 12.3 Å². The zero-order valence-electron chi connectivity index (χ0n) is 8.27. The molecule has 0 saturated heterocycles. The molecule has 0 saturated carbocycles. The van der Waals surface area contributed by atoms with Crippen LogP contribution in [0.5, 0.6) is 0 Å². The van der Waals surface area contributed by atoms with Crippen LogP contribution in [0.1, 0.15) is 17.3 Å². The summed E-state index contributed by atoms with van der Waals surface area (Å²) in [4.78, 5) is 7.80. The van der Waals surface area contributed by atoms with E-state index in [0.29, 0.717) is 16.3 Å². The fourth-order valence-electron chi connectivity index (χ4n) is 1.40. The fraction of sp³-hybridized carbons (Fsp3) is 0.0909. The van der Waals surface area contributed by atoms with Gasteiger partial charge < -0.3 is 5.73 Å². The summed E-state index contributed by atoms with van der Waals surface area (Å²) in [6, 6.07) is 5.21. The van der Waals surface area contributed by atoms with Crippen molar-refractivity contribution in [3.8, 4) is 0 Å². The van der Waals surface area contributed by atoms with Crippen molar-refractivity contribution in [1.29, 1.82) is 0 Å². The zero-order valence-corrected chi connectivity index (χ0v) is 9.03. The standard InChI is InChI=1S/C11H9ClFN3/c12-9-2-1-7(13)5-8(9)11(14)10-3-4-15-6-16-10/h1-6,11H,14H2. The topological polar surface area (TPSA) is 51.8 Å². The minimum atomic E-state index is -0.550. The first-order chi connectivity index (χ1) is 7.68. The van der Waals surface area contributed by atoms with E-state index in [-0.39, 0.29) is 5.82 Å². The van der Waals surface area contributed by atoms with E-state index in [2.05, 4.69) is 9.97 Å². The number of hydrogen-bond acceptors (Lipinski definition) is 3. The Bertz CT molecular complexity index is 490. The normalized spacial score (nSPS) is 12.4. The van der Waals surface area contributed by atoms with Crippen LogP contribution < -0.4 is 5.73 Å². The molecule has 1 unspecified atom stereocenters. The van der Waals surface area contributed by atoms with Crippen molar-refractivity contribution in [1.82, 2.24) is 9.97 Å². The van der Waals surface area contributed by atoms with Crippen LogP contribution in [-0.2, 0) is 0 Å². The van der Waals surface area contributed by atoms with Crippen LogP contribution >= 0.6 is 11.6 Å². The van der Waals surface area contributed by atoms with Crippen molar-refractivity contribution in [3.63, 3.8) is 0 Å². The van der Waals surface area contributed by atoms with Crippen LogP contribution in [0.3, 0.4) is 0 Å². The molecule has 0 aliphatic rings. The SMILES string of the molecule is NC(c1ccncn1)c1cc(F)ccc1Cl. The molecular weight excluding hydrogens is 229 g/mol. The molecule has 2 aromatic rings. The minimum Gasteiger partial charge on any atom is -0.319 e. The molecule has 3 nitrogen and oxygen atoms in total. The van der Waals surface area contributed by atoms with E-state index >= 15 is 0 Å². The third kappa shape index (κ3) is 2.18. The minimum absolute atomic E-state index is 0.371. The summed E-state index contributed by atoms with van der Waals surface area (Å²) >= 11 is 5.95. The lowest BCUT2D eigenvalue weighted by molar-refractivity contribution is 0.623. The van der Waals surface area contributed by atoms with Gasteiger partial charge in [0.1, 0.15) is 12.1 Å². The number of hydrogen-bond donors (Lipinski definition) is 1. The number of halogens is 2. The highest BCUT2D eigenvalue weighted by molar-refractivity contribution is 6.31. The molecule has 1 heterocycles. The first kappa shape index (κ1) is 11.0. The van der Waals surface area contributed by atoms with Gasteiger partial charge in [0.25, 0.3) is 0 Å². The molecule has 0 aliphatic heterocycles. The van der Waals surface area contributed by atoms with Crippen molar-refractivity contribution in [2.24, 2.45) is 5.73 Å². The van der Waals surface area contributed by atoms with Gasteiger partial charge in [-0.25, -0.2) is 14.4 Å². The van der Waals surface area contributed by atoms with Gasteiger partial charge in [-0.15, -0.1) is 0 Å². The first-order valence-corrected chi connectivity index (χ1v) is 5.02. The Morgan fingerprint density at radius 1 is 1.31 bits per heavy atom. The lowest BCUT2D eigenvalue weighted by Gasteiger charge is -2.12.